The van der Waals surface area contributed by atoms with Crippen LogP contribution in [0.25, 0.3) is 0 Å². The van der Waals surface area contributed by atoms with Gasteiger partial charge < -0.3 is 29.7 Å². The number of nitrogens with zero attached hydrogens (tertiary/aromatic N) is 2. The lowest BCUT2D eigenvalue weighted by Gasteiger charge is -2.43. The molecule has 3 N–H and O–H groups in total. The van der Waals surface area contributed by atoms with Crippen molar-refractivity contribution in [2.75, 3.05) is 40.3 Å². The summed E-state index contributed by atoms with van der Waals surface area (Å²) in [5.74, 6) is 0.824. The van der Waals surface area contributed by atoms with Crippen molar-refractivity contribution in [3.05, 3.63) is 94.0 Å². The molecule has 8 nitrogen and oxygen atoms in total. The molecule has 0 bridgehead atoms. The predicted molar refractivity (Wildman–Crippen MR) is 168 cm³/mol. The van der Waals surface area contributed by atoms with E-state index in [-0.39, 0.29) is 5.91 Å². The van der Waals surface area contributed by atoms with E-state index in [4.69, 9.17) is 21.1 Å². The SMILES string of the molecule is CCOc1ccc(Cc2cc([C@@H]3O[C@H](C[N+](C)(C)c4cccc(C(=O)N5CCCC5)c4)[C@@H](O)[C@H](O)[C@H]3O)ccc2Cl)cc1. The van der Waals surface area contributed by atoms with Gasteiger partial charge in [-0.05, 0) is 73.2 Å². The molecule has 2 aliphatic heterocycles. The van der Waals surface area contributed by atoms with Gasteiger partial charge in [0.1, 0.15) is 48.5 Å². The fourth-order valence-electron chi connectivity index (χ4n) is 6.05. The molecule has 5 rings (SSSR count). The Bertz CT molecular complexity index is 1410. The molecule has 5 atom stereocenters. The van der Waals surface area contributed by atoms with Gasteiger partial charge in [0.25, 0.3) is 5.91 Å². The summed E-state index contributed by atoms with van der Waals surface area (Å²) < 4.78 is 12.2. The van der Waals surface area contributed by atoms with Crippen molar-refractivity contribution in [3.63, 3.8) is 0 Å². The standard InChI is InChI=1S/C34H42ClN2O6/c1-4-42-27-13-10-22(11-14-27)18-25-19-23(12-15-28(25)35)33-32(40)31(39)30(38)29(43-33)21-37(2,3)26-9-7-8-24(20-26)34(41)36-16-5-6-17-36/h7-15,19-20,29-33,38-40H,4-6,16-18,21H2,1-3H3/q+1/t29-,30-,31+,32-,33+/m1/s1. The van der Waals surface area contributed by atoms with Gasteiger partial charge in [0, 0.05) is 29.7 Å². The van der Waals surface area contributed by atoms with Gasteiger partial charge >= 0.3 is 0 Å². The van der Waals surface area contributed by atoms with E-state index in [1.54, 1.807) is 12.1 Å². The van der Waals surface area contributed by atoms with E-state index in [1.807, 2.05) is 80.5 Å². The van der Waals surface area contributed by atoms with Crippen molar-refractivity contribution in [1.82, 2.24) is 9.38 Å². The second-order valence-corrected chi connectivity index (χ2v) is 12.5. The molecule has 0 aliphatic carbocycles. The number of likely N-dealkylation sites (N-methyl/N-ethyl adjacent to an activating group) is 1. The van der Waals surface area contributed by atoms with Gasteiger partial charge in [-0.15, -0.1) is 0 Å². The summed E-state index contributed by atoms with van der Waals surface area (Å²) in [6.07, 6.45) is -3.09. The lowest BCUT2D eigenvalue weighted by Crippen LogP contribution is -2.60. The van der Waals surface area contributed by atoms with Crippen molar-refractivity contribution in [1.29, 1.82) is 0 Å². The van der Waals surface area contributed by atoms with Crippen molar-refractivity contribution >= 4 is 23.2 Å². The third kappa shape index (κ3) is 7.06. The maximum Gasteiger partial charge on any atom is 0.254 e. The molecular weight excluding hydrogens is 568 g/mol. The van der Waals surface area contributed by atoms with Crippen LogP contribution in [0.1, 0.15) is 52.9 Å². The van der Waals surface area contributed by atoms with Crippen molar-refractivity contribution in [2.24, 2.45) is 0 Å². The van der Waals surface area contributed by atoms with Crippen LogP contribution in [0.3, 0.4) is 0 Å². The average Bonchev–Trinajstić information content (AvgIpc) is 3.55. The number of rotatable bonds is 9. The number of aliphatic hydroxyl groups is 3. The number of amides is 1. The zero-order valence-corrected chi connectivity index (χ0v) is 25.8. The van der Waals surface area contributed by atoms with E-state index < -0.39 is 30.5 Å². The number of benzene rings is 3. The summed E-state index contributed by atoms with van der Waals surface area (Å²) in [7, 11) is 3.94. The minimum atomic E-state index is -1.41. The molecule has 3 aromatic rings. The van der Waals surface area contributed by atoms with E-state index in [1.165, 1.54) is 0 Å². The molecule has 0 spiro atoms. The fourth-order valence-corrected chi connectivity index (χ4v) is 6.23. The van der Waals surface area contributed by atoms with Crippen LogP contribution in [0, 0.1) is 0 Å². The van der Waals surface area contributed by atoms with Gasteiger partial charge in [-0.3, -0.25) is 9.28 Å². The molecule has 43 heavy (non-hydrogen) atoms. The average molecular weight is 610 g/mol. The van der Waals surface area contributed by atoms with Gasteiger partial charge in [-0.25, -0.2) is 0 Å². The Morgan fingerprint density at radius 3 is 2.40 bits per heavy atom. The van der Waals surface area contributed by atoms with E-state index in [0.29, 0.717) is 40.2 Å². The van der Waals surface area contributed by atoms with Crippen molar-refractivity contribution < 1.29 is 29.6 Å². The van der Waals surface area contributed by atoms with Crippen LogP contribution < -0.4 is 9.22 Å². The quantitative estimate of drug-likeness (QED) is 0.312. The summed E-state index contributed by atoms with van der Waals surface area (Å²) in [5.41, 5.74) is 4.07. The summed E-state index contributed by atoms with van der Waals surface area (Å²) in [4.78, 5) is 14.9. The molecular formula is C34H42ClN2O6+. The first kappa shape index (κ1) is 31.4. The smallest absolute Gasteiger partial charge is 0.254 e. The monoisotopic (exact) mass is 609 g/mol. The lowest BCUT2D eigenvalue weighted by atomic mass is 9.89. The molecule has 2 fully saturated rings. The molecule has 0 unspecified atom stereocenters. The number of hydrogen-bond acceptors (Lipinski definition) is 6. The van der Waals surface area contributed by atoms with Gasteiger partial charge in [-0.1, -0.05) is 41.9 Å². The summed E-state index contributed by atoms with van der Waals surface area (Å²) in [6.45, 7) is 4.39. The Labute approximate surface area is 258 Å². The highest BCUT2D eigenvalue weighted by atomic mass is 35.5. The lowest BCUT2D eigenvalue weighted by molar-refractivity contribution is -0.226. The number of carbonyl (C=O) groups excluding carboxylic acids is 1. The zero-order chi connectivity index (χ0) is 30.7. The van der Waals surface area contributed by atoms with E-state index in [0.717, 1.165) is 48.5 Å². The van der Waals surface area contributed by atoms with Crippen LogP contribution in [0.5, 0.6) is 5.75 Å². The summed E-state index contributed by atoms with van der Waals surface area (Å²) in [6, 6.07) is 20.8. The topological polar surface area (TPSA) is 99.5 Å². The molecule has 1 amide bonds. The van der Waals surface area contributed by atoms with Crippen LogP contribution in [0.2, 0.25) is 5.02 Å². The van der Waals surface area contributed by atoms with Crippen LogP contribution >= 0.6 is 11.6 Å². The minimum absolute atomic E-state index is 0.0238. The molecule has 0 radical (unpaired) electrons. The van der Waals surface area contributed by atoms with Crippen molar-refractivity contribution in [2.45, 2.75) is 56.7 Å². The molecule has 0 saturated carbocycles. The molecule has 230 valence electrons. The molecule has 2 aliphatic rings. The Morgan fingerprint density at radius 1 is 0.977 bits per heavy atom. The number of hydrogen-bond donors (Lipinski definition) is 3. The van der Waals surface area contributed by atoms with Crippen LogP contribution in [-0.2, 0) is 11.2 Å². The molecule has 9 heteroatoms. The third-order valence-electron chi connectivity index (χ3n) is 8.56. The first-order valence-electron chi connectivity index (χ1n) is 15.0. The van der Waals surface area contributed by atoms with Crippen LogP contribution in [-0.4, -0.2) is 90.9 Å². The van der Waals surface area contributed by atoms with E-state index in [9.17, 15) is 20.1 Å². The fraction of sp³-hybridized carbons (Fsp3) is 0.441. The molecule has 3 aromatic carbocycles. The van der Waals surface area contributed by atoms with E-state index in [2.05, 4.69) is 0 Å². The molecule has 2 saturated heterocycles. The number of halogens is 1. The first-order valence-corrected chi connectivity index (χ1v) is 15.4. The summed E-state index contributed by atoms with van der Waals surface area (Å²) >= 11 is 6.57. The number of quaternary nitrogens is 1. The van der Waals surface area contributed by atoms with Crippen LogP contribution in [0.4, 0.5) is 5.69 Å². The van der Waals surface area contributed by atoms with E-state index >= 15 is 0 Å². The zero-order valence-electron chi connectivity index (χ0n) is 25.0. The van der Waals surface area contributed by atoms with Gasteiger partial charge in [-0.2, -0.15) is 0 Å². The number of likely N-dealkylation sites (tertiary alicyclic amines) is 1. The molecule has 2 heterocycles. The van der Waals surface area contributed by atoms with Gasteiger partial charge in [0.05, 0.1) is 20.7 Å². The minimum Gasteiger partial charge on any atom is -0.494 e. The number of ether oxygens (including phenoxy) is 2. The second kappa shape index (κ2) is 13.3. The first-order chi connectivity index (χ1) is 20.6. The highest BCUT2D eigenvalue weighted by Crippen LogP contribution is 2.36. The largest absolute Gasteiger partial charge is 0.494 e. The van der Waals surface area contributed by atoms with Crippen LogP contribution in [0.15, 0.2) is 66.7 Å². The Morgan fingerprint density at radius 2 is 1.70 bits per heavy atom. The normalized spacial score (nSPS) is 24.3. The number of carbonyl (C=O) groups is 1. The van der Waals surface area contributed by atoms with Gasteiger partial charge in [0.2, 0.25) is 0 Å². The number of aliphatic hydroxyl groups excluding tert-OH is 3. The Balaban J connectivity index is 1.34. The second-order valence-electron chi connectivity index (χ2n) is 12.1. The maximum absolute atomic E-state index is 13.0. The van der Waals surface area contributed by atoms with Crippen molar-refractivity contribution in [3.8, 4) is 5.75 Å². The maximum atomic E-state index is 13.0. The molecule has 0 aromatic heterocycles. The predicted octanol–water partition coefficient (Wildman–Crippen LogP) is 4.36. The Kier molecular flexibility index (Phi) is 9.76. The third-order valence-corrected chi connectivity index (χ3v) is 8.93. The highest BCUT2D eigenvalue weighted by Gasteiger charge is 2.47. The van der Waals surface area contributed by atoms with Gasteiger partial charge in [0.15, 0.2) is 0 Å². The summed E-state index contributed by atoms with van der Waals surface area (Å²) in [5, 5.41) is 33.5. The Hall–Kier alpha value is -2.98. The highest BCUT2D eigenvalue weighted by molar-refractivity contribution is 6.31.